The molecule has 3 rings (SSSR count). The normalized spacial score (nSPS) is 18.5. The fourth-order valence-corrected chi connectivity index (χ4v) is 4.55. The molecule has 1 aromatic heterocycles. The van der Waals surface area contributed by atoms with Gasteiger partial charge in [-0.1, -0.05) is 24.3 Å². The lowest BCUT2D eigenvalue weighted by Gasteiger charge is -2.39. The van der Waals surface area contributed by atoms with Crippen LogP contribution in [0.3, 0.4) is 0 Å². The second-order valence-corrected chi connectivity index (χ2v) is 8.86. The second-order valence-electron chi connectivity index (χ2n) is 8.86. The average Bonchev–Trinajstić information content (AvgIpc) is 3.10. The van der Waals surface area contributed by atoms with Crippen LogP contribution in [0.25, 0.3) is 0 Å². The van der Waals surface area contributed by atoms with Crippen molar-refractivity contribution in [2.45, 2.75) is 58.5 Å². The molecule has 2 aromatic rings. The molecule has 2 heterocycles. The first-order valence-electron chi connectivity index (χ1n) is 11.2. The molecular formula is C25H37N3O3. The van der Waals surface area contributed by atoms with Gasteiger partial charge in [0.2, 0.25) is 0 Å². The molecule has 0 amide bonds. The van der Waals surface area contributed by atoms with E-state index in [1.165, 1.54) is 11.1 Å². The predicted octanol–water partition coefficient (Wildman–Crippen LogP) is 3.72. The minimum absolute atomic E-state index is 0.000556. The van der Waals surface area contributed by atoms with Crippen LogP contribution in [0.1, 0.15) is 54.9 Å². The van der Waals surface area contributed by atoms with Crippen molar-refractivity contribution in [2.24, 2.45) is 4.99 Å². The van der Waals surface area contributed by atoms with Gasteiger partial charge in [0.25, 0.3) is 0 Å². The van der Waals surface area contributed by atoms with E-state index in [4.69, 9.17) is 14.1 Å². The van der Waals surface area contributed by atoms with Crippen LogP contribution in [-0.2, 0) is 15.8 Å². The summed E-state index contributed by atoms with van der Waals surface area (Å²) in [5.74, 6) is 2.23. The molecule has 0 spiro atoms. The number of rotatable bonds is 7. The van der Waals surface area contributed by atoms with Crippen molar-refractivity contribution < 1.29 is 14.3 Å². The smallest absolute Gasteiger partial charge is 0.191 e. The molecular weight excluding hydrogens is 390 g/mol. The van der Waals surface area contributed by atoms with E-state index in [1.54, 1.807) is 6.92 Å². The summed E-state index contributed by atoms with van der Waals surface area (Å²) in [6, 6.07) is 10.5. The molecule has 170 valence electrons. The van der Waals surface area contributed by atoms with Crippen LogP contribution in [0.15, 0.2) is 39.7 Å². The zero-order chi connectivity index (χ0) is 22.5. The Labute approximate surface area is 186 Å². The maximum Gasteiger partial charge on any atom is 0.191 e. The van der Waals surface area contributed by atoms with E-state index in [1.807, 2.05) is 26.8 Å². The van der Waals surface area contributed by atoms with Gasteiger partial charge >= 0.3 is 0 Å². The number of aliphatic imine (C=N–C) groups is 1. The van der Waals surface area contributed by atoms with Crippen LogP contribution in [0, 0.1) is 20.8 Å². The highest BCUT2D eigenvalue weighted by molar-refractivity contribution is 5.80. The summed E-state index contributed by atoms with van der Waals surface area (Å²) in [6.07, 6.45) is 1.94. The molecule has 6 heteroatoms. The van der Waals surface area contributed by atoms with Crippen LogP contribution < -0.4 is 10.6 Å². The molecule has 1 saturated heterocycles. The number of hydrogen-bond acceptors (Lipinski definition) is 4. The monoisotopic (exact) mass is 427 g/mol. The molecule has 31 heavy (non-hydrogen) atoms. The highest BCUT2D eigenvalue weighted by Gasteiger charge is 2.36. The Hall–Kier alpha value is -2.31. The number of guanidine groups is 1. The van der Waals surface area contributed by atoms with E-state index in [0.717, 1.165) is 56.2 Å². The zero-order valence-corrected chi connectivity index (χ0v) is 19.5. The van der Waals surface area contributed by atoms with Crippen molar-refractivity contribution in [3.63, 3.8) is 0 Å². The summed E-state index contributed by atoms with van der Waals surface area (Å²) in [6.45, 7) is 13.0. The number of nitrogens with zero attached hydrogens (tertiary/aromatic N) is 1. The summed E-state index contributed by atoms with van der Waals surface area (Å²) >= 11 is 0. The van der Waals surface area contributed by atoms with Crippen molar-refractivity contribution >= 4 is 5.96 Å². The lowest BCUT2D eigenvalue weighted by Crippen LogP contribution is -2.48. The highest BCUT2D eigenvalue weighted by Crippen LogP contribution is 2.36. The van der Waals surface area contributed by atoms with E-state index >= 15 is 0 Å². The van der Waals surface area contributed by atoms with Gasteiger partial charge < -0.3 is 24.9 Å². The Kier molecular flexibility index (Phi) is 7.44. The summed E-state index contributed by atoms with van der Waals surface area (Å²) in [4.78, 5) is 4.72. The quantitative estimate of drug-likeness (QED) is 0.464. The van der Waals surface area contributed by atoms with E-state index in [2.05, 4.69) is 41.8 Å². The second kappa shape index (κ2) is 9.88. The Morgan fingerprint density at radius 3 is 2.48 bits per heavy atom. The van der Waals surface area contributed by atoms with Crippen molar-refractivity contribution in [1.29, 1.82) is 0 Å². The molecule has 1 aliphatic rings. The highest BCUT2D eigenvalue weighted by atomic mass is 16.5. The van der Waals surface area contributed by atoms with Gasteiger partial charge in [-0.2, -0.15) is 0 Å². The molecule has 1 fully saturated rings. The lowest BCUT2D eigenvalue weighted by molar-refractivity contribution is 0.0511. The number of aliphatic hydroxyl groups is 1. The van der Waals surface area contributed by atoms with Gasteiger partial charge in [-0.25, -0.2) is 4.99 Å². The van der Waals surface area contributed by atoms with Gasteiger partial charge in [0.05, 0.1) is 6.54 Å². The number of nitrogens with one attached hydrogen (secondary N) is 2. The first-order chi connectivity index (χ1) is 14.8. The van der Waals surface area contributed by atoms with Gasteiger partial charge in [0.15, 0.2) is 5.96 Å². The number of benzene rings is 1. The minimum atomic E-state index is -1.10. The largest absolute Gasteiger partial charge is 0.466 e. The van der Waals surface area contributed by atoms with Gasteiger partial charge in [0, 0.05) is 37.3 Å². The third kappa shape index (κ3) is 5.49. The molecule has 1 unspecified atom stereocenters. The lowest BCUT2D eigenvalue weighted by atomic mass is 9.72. The van der Waals surface area contributed by atoms with Crippen molar-refractivity contribution in [3.8, 4) is 0 Å². The Balaban J connectivity index is 1.78. The van der Waals surface area contributed by atoms with Crippen molar-refractivity contribution in [2.75, 3.05) is 32.8 Å². The standard InChI is InChI=1S/C25H37N3O3/c1-6-26-23(27-16-24(5,29)22-15-19(3)31-20(22)4)28-17-25(11-13-30-14-12-25)21-10-8-7-9-18(21)2/h7-10,15,29H,6,11-14,16-17H2,1-5H3,(H2,26,27,28). The molecule has 0 bridgehead atoms. The number of hydrogen-bond donors (Lipinski definition) is 3. The molecule has 1 aliphatic heterocycles. The molecule has 3 N–H and O–H groups in total. The van der Waals surface area contributed by atoms with Gasteiger partial charge in [0.1, 0.15) is 17.1 Å². The van der Waals surface area contributed by atoms with Crippen LogP contribution in [-0.4, -0.2) is 43.9 Å². The predicted molar refractivity (Wildman–Crippen MR) is 125 cm³/mol. The third-order valence-electron chi connectivity index (χ3n) is 6.27. The maximum atomic E-state index is 11.0. The van der Waals surface area contributed by atoms with Crippen molar-refractivity contribution in [1.82, 2.24) is 10.6 Å². The van der Waals surface area contributed by atoms with Crippen molar-refractivity contribution in [3.05, 3.63) is 58.5 Å². The minimum Gasteiger partial charge on any atom is -0.466 e. The Bertz CT molecular complexity index is 895. The molecule has 0 saturated carbocycles. The molecule has 1 aromatic carbocycles. The van der Waals surface area contributed by atoms with E-state index in [-0.39, 0.29) is 12.0 Å². The van der Waals surface area contributed by atoms with Crippen LogP contribution in [0.2, 0.25) is 0 Å². The average molecular weight is 428 g/mol. The summed E-state index contributed by atoms with van der Waals surface area (Å²) in [7, 11) is 0. The first kappa shape index (κ1) is 23.4. The van der Waals surface area contributed by atoms with Crippen LogP contribution in [0.4, 0.5) is 0 Å². The Morgan fingerprint density at radius 2 is 1.87 bits per heavy atom. The van der Waals surface area contributed by atoms with E-state index in [0.29, 0.717) is 5.96 Å². The summed E-state index contributed by atoms with van der Waals surface area (Å²) in [5.41, 5.74) is 2.36. The SMILES string of the molecule is CCNC(=NCC(C)(O)c1cc(C)oc1C)NCC1(c2ccccc2C)CCOCC1. The summed E-state index contributed by atoms with van der Waals surface area (Å²) < 4.78 is 11.3. The number of ether oxygens (including phenoxy) is 1. The molecule has 1 atom stereocenters. The Morgan fingerprint density at radius 1 is 1.16 bits per heavy atom. The van der Waals surface area contributed by atoms with E-state index in [9.17, 15) is 5.11 Å². The third-order valence-corrected chi connectivity index (χ3v) is 6.27. The molecule has 0 aliphatic carbocycles. The first-order valence-corrected chi connectivity index (χ1v) is 11.2. The topological polar surface area (TPSA) is 79.0 Å². The van der Waals surface area contributed by atoms with Gasteiger partial charge in [-0.05, 0) is 64.7 Å². The fraction of sp³-hybridized carbons (Fsp3) is 0.560. The number of aryl methyl sites for hydroxylation is 3. The molecule has 6 nitrogen and oxygen atoms in total. The van der Waals surface area contributed by atoms with Crippen LogP contribution >= 0.6 is 0 Å². The van der Waals surface area contributed by atoms with E-state index < -0.39 is 5.60 Å². The molecule has 0 radical (unpaired) electrons. The maximum absolute atomic E-state index is 11.0. The number of furan rings is 1. The zero-order valence-electron chi connectivity index (χ0n) is 19.5. The van der Waals surface area contributed by atoms with Gasteiger partial charge in [-0.15, -0.1) is 0 Å². The summed E-state index contributed by atoms with van der Waals surface area (Å²) in [5, 5.41) is 17.9. The fourth-order valence-electron chi connectivity index (χ4n) is 4.55. The van der Waals surface area contributed by atoms with Crippen LogP contribution in [0.5, 0.6) is 0 Å². The van der Waals surface area contributed by atoms with Gasteiger partial charge in [-0.3, -0.25) is 0 Å².